The molecule has 0 saturated carbocycles. The molecule has 10 heteroatoms. The summed E-state index contributed by atoms with van der Waals surface area (Å²) < 4.78 is 5.64. The molecule has 0 atom stereocenters. The van der Waals surface area contributed by atoms with E-state index < -0.39 is 6.03 Å². The first-order chi connectivity index (χ1) is 16.9. The van der Waals surface area contributed by atoms with Crippen LogP contribution in [0, 0.1) is 20.8 Å². The van der Waals surface area contributed by atoms with Crippen molar-refractivity contribution in [3.63, 3.8) is 0 Å². The Labute approximate surface area is 201 Å². The maximum atomic E-state index is 12.4. The number of amides is 2. The highest BCUT2D eigenvalue weighted by Crippen LogP contribution is 2.25. The van der Waals surface area contributed by atoms with Gasteiger partial charge in [-0.05, 0) is 50.6 Å². The molecule has 0 unspecified atom stereocenters. The largest absolute Gasteiger partial charge is 0.440 e. The van der Waals surface area contributed by atoms with E-state index in [1.807, 2.05) is 69.3 Å². The normalized spacial score (nSPS) is 10.8. The fourth-order valence-electron chi connectivity index (χ4n) is 3.62. The molecule has 0 fully saturated rings. The molecule has 0 aliphatic rings. The first-order valence-electron chi connectivity index (χ1n) is 11.0. The fraction of sp³-hybridized carbons (Fsp3) is 0.120. The van der Waals surface area contributed by atoms with Crippen molar-refractivity contribution in [1.29, 1.82) is 0 Å². The van der Waals surface area contributed by atoms with Gasteiger partial charge >= 0.3 is 6.03 Å². The molecule has 35 heavy (non-hydrogen) atoms. The molecule has 176 valence electrons. The summed E-state index contributed by atoms with van der Waals surface area (Å²) in [5.41, 5.74) is 4.84. The number of carbonyl (C=O) groups is 1. The van der Waals surface area contributed by atoms with Crippen LogP contribution in [0.2, 0.25) is 0 Å². The number of carbonyl (C=O) groups excluding carboxylic acids is 1. The predicted octanol–water partition coefficient (Wildman–Crippen LogP) is 6.00. The molecule has 5 aromatic rings. The number of hydrogen-bond donors (Lipinski definition) is 5. The second kappa shape index (κ2) is 9.18. The number of aromatic nitrogens is 4. The number of nitrogens with one attached hydrogen (secondary N) is 5. The van der Waals surface area contributed by atoms with Gasteiger partial charge in [0.2, 0.25) is 11.8 Å². The second-order valence-electron chi connectivity index (χ2n) is 8.16. The summed E-state index contributed by atoms with van der Waals surface area (Å²) in [4.78, 5) is 21.4. The lowest BCUT2D eigenvalue weighted by molar-refractivity contribution is 0.261. The van der Waals surface area contributed by atoms with Crippen molar-refractivity contribution in [3.05, 3.63) is 77.6 Å². The fourth-order valence-corrected chi connectivity index (χ4v) is 3.62. The van der Waals surface area contributed by atoms with Crippen LogP contribution in [0.25, 0.3) is 11.0 Å². The number of H-pyrrole nitrogens is 1. The molecular weight excluding hydrogens is 444 g/mol. The Morgan fingerprint density at radius 3 is 2.51 bits per heavy atom. The third-order valence-electron chi connectivity index (χ3n) is 5.21. The van der Waals surface area contributed by atoms with Gasteiger partial charge < -0.3 is 20.4 Å². The standard InChI is InChI=1S/C25H24N8O2/c1-14-10-18(27-25(34)31-23-13-17-6-4-5-7-20(17)35-23)8-9-19(14)28-24-26-15(2)11-21(30-24)29-22-12-16(3)32-33-22/h4-13H,1-3H3,(H2,27,31,34)(H3,26,28,29,30,32,33). The van der Waals surface area contributed by atoms with Crippen molar-refractivity contribution in [2.45, 2.75) is 20.8 Å². The summed E-state index contributed by atoms with van der Waals surface area (Å²) >= 11 is 0. The van der Waals surface area contributed by atoms with E-state index in [0.29, 0.717) is 34.7 Å². The van der Waals surface area contributed by atoms with Crippen LogP contribution in [-0.2, 0) is 0 Å². The van der Waals surface area contributed by atoms with Gasteiger partial charge in [-0.25, -0.2) is 9.78 Å². The minimum Gasteiger partial charge on any atom is -0.440 e. The summed E-state index contributed by atoms with van der Waals surface area (Å²) in [6.07, 6.45) is 0. The van der Waals surface area contributed by atoms with Crippen molar-refractivity contribution in [2.24, 2.45) is 0 Å². The van der Waals surface area contributed by atoms with Crippen LogP contribution in [0.3, 0.4) is 0 Å². The van der Waals surface area contributed by atoms with Crippen LogP contribution in [0.1, 0.15) is 17.0 Å². The SMILES string of the molecule is Cc1cc(Nc2cc(C)[nH]n2)nc(Nc2ccc(NC(=O)Nc3cc4ccccc4o3)cc2C)n1. The van der Waals surface area contributed by atoms with Crippen molar-refractivity contribution >= 4 is 51.8 Å². The topological polar surface area (TPSA) is 133 Å². The van der Waals surface area contributed by atoms with Gasteiger partial charge in [0.05, 0.1) is 0 Å². The van der Waals surface area contributed by atoms with Gasteiger partial charge in [0.15, 0.2) is 5.82 Å². The number of furan rings is 1. The second-order valence-corrected chi connectivity index (χ2v) is 8.16. The molecule has 0 aliphatic carbocycles. The van der Waals surface area contributed by atoms with Crippen LogP contribution >= 0.6 is 0 Å². The number of fused-ring (bicyclic) bond motifs is 1. The van der Waals surface area contributed by atoms with Gasteiger partial charge in [-0.1, -0.05) is 18.2 Å². The molecule has 0 bridgehead atoms. The van der Waals surface area contributed by atoms with E-state index in [0.717, 1.165) is 28.0 Å². The third kappa shape index (κ3) is 5.22. The number of benzene rings is 2. The summed E-state index contributed by atoms with van der Waals surface area (Å²) in [5.74, 6) is 2.14. The van der Waals surface area contributed by atoms with E-state index in [2.05, 4.69) is 41.4 Å². The molecule has 3 heterocycles. The Balaban J connectivity index is 1.25. The number of hydrogen-bond acceptors (Lipinski definition) is 7. The molecular formula is C25H24N8O2. The van der Waals surface area contributed by atoms with Gasteiger partial charge in [-0.2, -0.15) is 10.1 Å². The van der Waals surface area contributed by atoms with E-state index in [4.69, 9.17) is 4.42 Å². The average Bonchev–Trinajstić information content (AvgIpc) is 3.40. The molecule has 5 rings (SSSR count). The zero-order valence-electron chi connectivity index (χ0n) is 19.4. The Kier molecular flexibility index (Phi) is 5.76. The number of anilines is 6. The van der Waals surface area contributed by atoms with Crippen LogP contribution in [0.4, 0.5) is 39.6 Å². The Hall–Kier alpha value is -4.86. The number of nitrogens with zero attached hydrogens (tertiary/aromatic N) is 3. The number of para-hydroxylation sites is 1. The van der Waals surface area contributed by atoms with Crippen LogP contribution < -0.4 is 21.3 Å². The van der Waals surface area contributed by atoms with Gasteiger partial charge in [-0.15, -0.1) is 0 Å². The molecule has 0 aliphatic heterocycles. The van der Waals surface area contributed by atoms with E-state index in [1.165, 1.54) is 0 Å². The van der Waals surface area contributed by atoms with Crippen molar-refractivity contribution in [2.75, 3.05) is 21.3 Å². The maximum absolute atomic E-state index is 12.4. The highest BCUT2D eigenvalue weighted by molar-refractivity contribution is 6.00. The number of urea groups is 1. The predicted molar refractivity (Wildman–Crippen MR) is 137 cm³/mol. The molecule has 10 nitrogen and oxygen atoms in total. The lowest BCUT2D eigenvalue weighted by Gasteiger charge is -2.12. The van der Waals surface area contributed by atoms with Gasteiger partial charge in [0, 0.05) is 46.3 Å². The zero-order valence-corrected chi connectivity index (χ0v) is 19.4. The number of rotatable bonds is 6. The summed E-state index contributed by atoms with van der Waals surface area (Å²) in [7, 11) is 0. The van der Waals surface area contributed by atoms with Crippen molar-refractivity contribution < 1.29 is 9.21 Å². The quantitative estimate of drug-likeness (QED) is 0.206. The van der Waals surface area contributed by atoms with Gasteiger partial charge in [-0.3, -0.25) is 10.4 Å². The summed E-state index contributed by atoms with van der Waals surface area (Å²) in [6.45, 7) is 5.76. The smallest absolute Gasteiger partial charge is 0.326 e. The Morgan fingerprint density at radius 2 is 1.74 bits per heavy atom. The molecule has 0 radical (unpaired) electrons. The Bertz CT molecular complexity index is 1490. The molecule has 3 aromatic heterocycles. The van der Waals surface area contributed by atoms with E-state index in [1.54, 1.807) is 12.1 Å². The molecule has 5 N–H and O–H groups in total. The molecule has 2 aromatic carbocycles. The lowest BCUT2D eigenvalue weighted by atomic mass is 10.2. The lowest BCUT2D eigenvalue weighted by Crippen LogP contribution is -2.19. The Morgan fingerprint density at radius 1 is 0.886 bits per heavy atom. The monoisotopic (exact) mass is 468 g/mol. The minimum absolute atomic E-state index is 0.379. The highest BCUT2D eigenvalue weighted by atomic mass is 16.4. The minimum atomic E-state index is -0.393. The first-order valence-corrected chi connectivity index (χ1v) is 11.0. The van der Waals surface area contributed by atoms with Crippen molar-refractivity contribution in [1.82, 2.24) is 20.2 Å². The van der Waals surface area contributed by atoms with Crippen LogP contribution in [0.15, 0.2) is 65.1 Å². The number of aryl methyl sites for hydroxylation is 3. The van der Waals surface area contributed by atoms with E-state index in [9.17, 15) is 4.79 Å². The van der Waals surface area contributed by atoms with Crippen molar-refractivity contribution in [3.8, 4) is 0 Å². The third-order valence-corrected chi connectivity index (χ3v) is 5.21. The van der Waals surface area contributed by atoms with Gasteiger partial charge in [0.25, 0.3) is 0 Å². The molecule has 0 saturated heterocycles. The summed E-state index contributed by atoms with van der Waals surface area (Å²) in [5, 5.41) is 20.0. The van der Waals surface area contributed by atoms with Gasteiger partial charge in [0.1, 0.15) is 11.4 Å². The summed E-state index contributed by atoms with van der Waals surface area (Å²) in [6, 6.07) is 18.2. The zero-order chi connectivity index (χ0) is 24.4. The van der Waals surface area contributed by atoms with Crippen LogP contribution in [-0.4, -0.2) is 26.2 Å². The van der Waals surface area contributed by atoms with Crippen LogP contribution in [0.5, 0.6) is 0 Å². The van der Waals surface area contributed by atoms with E-state index in [-0.39, 0.29) is 0 Å². The number of aromatic amines is 1. The molecule has 0 spiro atoms. The molecule has 2 amide bonds. The maximum Gasteiger partial charge on any atom is 0.326 e. The van der Waals surface area contributed by atoms with E-state index >= 15 is 0 Å². The average molecular weight is 469 g/mol. The highest BCUT2D eigenvalue weighted by Gasteiger charge is 2.10. The first kappa shape index (κ1) is 22.0.